The van der Waals surface area contributed by atoms with Crippen molar-refractivity contribution >= 4 is 28.6 Å². The van der Waals surface area contributed by atoms with Crippen molar-refractivity contribution in [3.05, 3.63) is 36.0 Å². The zero-order chi connectivity index (χ0) is 26.9. The summed E-state index contributed by atoms with van der Waals surface area (Å²) in [5.74, 6) is 0.247. The second-order valence-electron chi connectivity index (χ2n) is 11.3. The van der Waals surface area contributed by atoms with Gasteiger partial charge < -0.3 is 20.3 Å². The molecule has 2 fully saturated rings. The second-order valence-corrected chi connectivity index (χ2v) is 11.3. The summed E-state index contributed by atoms with van der Waals surface area (Å²) < 4.78 is 32.4. The number of carbonyl (C=O) groups excluding carboxylic acids is 2. The van der Waals surface area contributed by atoms with Crippen LogP contribution in [0, 0.1) is 5.92 Å². The molecule has 3 atom stereocenters. The normalized spacial score (nSPS) is 22.0. The van der Waals surface area contributed by atoms with E-state index in [1.165, 1.54) is 12.3 Å². The van der Waals surface area contributed by atoms with Crippen molar-refractivity contribution in [3.8, 4) is 0 Å². The van der Waals surface area contributed by atoms with Gasteiger partial charge in [0.25, 0.3) is 6.43 Å². The topological polar surface area (TPSA) is 86.8 Å². The molecule has 1 aromatic heterocycles. The lowest BCUT2D eigenvalue weighted by atomic mass is 9.94. The van der Waals surface area contributed by atoms with Gasteiger partial charge in [0.15, 0.2) is 0 Å². The Hall–Kier alpha value is -3.01. The Kier molecular flexibility index (Phi) is 7.87. The summed E-state index contributed by atoms with van der Waals surface area (Å²) in [6.45, 7) is 12.0. The Bertz CT molecular complexity index is 1130. The number of pyridine rings is 1. The van der Waals surface area contributed by atoms with Crippen molar-refractivity contribution in [2.45, 2.75) is 71.2 Å². The smallest absolute Gasteiger partial charge is 0.407 e. The number of halogens is 2. The lowest BCUT2D eigenvalue weighted by molar-refractivity contribution is -0.128. The number of likely N-dealkylation sites (tertiary alicyclic amines) is 1. The number of amides is 2. The van der Waals surface area contributed by atoms with Crippen molar-refractivity contribution < 1.29 is 23.1 Å². The van der Waals surface area contributed by atoms with Crippen LogP contribution in [0.1, 0.15) is 53.0 Å². The fraction of sp³-hybridized carbons (Fsp3) is 0.593. The average Bonchev–Trinajstić information content (AvgIpc) is 2.78. The minimum absolute atomic E-state index is 0.0478. The fourth-order valence-corrected chi connectivity index (χ4v) is 5.17. The van der Waals surface area contributed by atoms with Crippen LogP contribution in [0.3, 0.4) is 0 Å². The number of anilines is 1. The Balaban J connectivity index is 1.36. The van der Waals surface area contributed by atoms with Gasteiger partial charge >= 0.3 is 6.09 Å². The zero-order valence-corrected chi connectivity index (χ0v) is 22.1. The number of ether oxygens (including phenoxy) is 1. The minimum atomic E-state index is -2.60. The molecule has 1 aromatic carbocycles. The first kappa shape index (κ1) is 27.0. The molecule has 0 saturated carbocycles. The van der Waals surface area contributed by atoms with E-state index in [1.807, 2.05) is 38.7 Å². The maximum Gasteiger partial charge on any atom is 0.407 e. The van der Waals surface area contributed by atoms with E-state index >= 15 is 0 Å². The van der Waals surface area contributed by atoms with Crippen molar-refractivity contribution in [2.24, 2.45) is 5.92 Å². The van der Waals surface area contributed by atoms with Crippen molar-refractivity contribution in [3.63, 3.8) is 0 Å². The van der Waals surface area contributed by atoms with Crippen molar-refractivity contribution in [1.29, 1.82) is 0 Å². The fourth-order valence-electron chi connectivity index (χ4n) is 5.17. The molecule has 2 N–H and O–H groups in total. The number of hydrogen-bond donors (Lipinski definition) is 2. The molecular weight excluding hydrogens is 480 g/mol. The molecule has 2 saturated heterocycles. The van der Waals surface area contributed by atoms with Gasteiger partial charge in [0, 0.05) is 55.1 Å². The standard InChI is InChI=1S/C27H37F2N5O3/c1-16-11-18(31-25(35)17(2)33-14-19(15-33)32-26(36)37-27(3,4)5)13-34(12-16)22-9-8-21(24(28)29)23-20(22)7-6-10-30-23/h6-10,16-19,24H,11-15H2,1-5H3,(H,31,35)(H,32,36). The molecule has 4 rings (SSSR count). The van der Waals surface area contributed by atoms with Crippen LogP contribution in [0.5, 0.6) is 0 Å². The molecule has 0 spiro atoms. The van der Waals surface area contributed by atoms with Crippen LogP contribution in [-0.2, 0) is 9.53 Å². The van der Waals surface area contributed by atoms with Gasteiger partial charge in [-0.3, -0.25) is 14.7 Å². The quantitative estimate of drug-likeness (QED) is 0.600. The van der Waals surface area contributed by atoms with Gasteiger partial charge in [0.2, 0.25) is 5.91 Å². The van der Waals surface area contributed by atoms with E-state index in [9.17, 15) is 18.4 Å². The molecule has 0 bridgehead atoms. The molecule has 8 nitrogen and oxygen atoms in total. The summed E-state index contributed by atoms with van der Waals surface area (Å²) in [7, 11) is 0. The molecular formula is C27H37F2N5O3. The van der Waals surface area contributed by atoms with Gasteiger partial charge in [-0.25, -0.2) is 13.6 Å². The van der Waals surface area contributed by atoms with Gasteiger partial charge in [-0.15, -0.1) is 0 Å². The summed E-state index contributed by atoms with van der Waals surface area (Å²) in [5, 5.41) is 6.72. The van der Waals surface area contributed by atoms with E-state index in [0.717, 1.165) is 18.7 Å². The number of piperidine rings is 1. The number of alkyl halides is 2. The predicted octanol–water partition coefficient (Wildman–Crippen LogP) is 4.10. The maximum atomic E-state index is 13.5. The highest BCUT2D eigenvalue weighted by Gasteiger charge is 2.36. The van der Waals surface area contributed by atoms with E-state index in [0.29, 0.717) is 36.5 Å². The third-order valence-corrected chi connectivity index (χ3v) is 6.92. The molecule has 2 aliphatic rings. The van der Waals surface area contributed by atoms with Gasteiger partial charge in [-0.05, 0) is 64.3 Å². The number of alkyl carbamates (subject to hydrolysis) is 1. The molecule has 0 radical (unpaired) electrons. The number of carbonyl (C=O) groups is 2. The third-order valence-electron chi connectivity index (χ3n) is 6.92. The first-order valence-electron chi connectivity index (χ1n) is 12.9. The minimum Gasteiger partial charge on any atom is -0.444 e. The maximum absolute atomic E-state index is 13.5. The van der Waals surface area contributed by atoms with E-state index < -0.39 is 18.1 Å². The van der Waals surface area contributed by atoms with Gasteiger partial charge in [-0.2, -0.15) is 0 Å². The zero-order valence-electron chi connectivity index (χ0n) is 22.1. The number of hydrogen-bond acceptors (Lipinski definition) is 6. The lowest BCUT2D eigenvalue weighted by Gasteiger charge is -2.43. The monoisotopic (exact) mass is 517 g/mol. The summed E-state index contributed by atoms with van der Waals surface area (Å²) in [6, 6.07) is 6.32. The SMILES string of the molecule is CC1CC(NC(=O)C(C)N2CC(NC(=O)OC(C)(C)C)C2)CN(c2ccc(C(F)F)c3ncccc23)C1. The predicted molar refractivity (Wildman–Crippen MR) is 139 cm³/mol. The first-order valence-corrected chi connectivity index (χ1v) is 12.9. The van der Waals surface area contributed by atoms with Gasteiger partial charge in [0.05, 0.1) is 17.6 Å². The molecule has 202 valence electrons. The van der Waals surface area contributed by atoms with Crippen LogP contribution >= 0.6 is 0 Å². The van der Waals surface area contributed by atoms with Crippen molar-refractivity contribution in [2.75, 3.05) is 31.1 Å². The Labute approximate surface area is 216 Å². The van der Waals surface area contributed by atoms with Crippen molar-refractivity contribution in [1.82, 2.24) is 20.5 Å². The van der Waals surface area contributed by atoms with E-state index in [1.54, 1.807) is 12.1 Å². The Morgan fingerprint density at radius 1 is 1.08 bits per heavy atom. The largest absolute Gasteiger partial charge is 0.444 e. The molecule has 3 unspecified atom stereocenters. The molecule has 10 heteroatoms. The van der Waals surface area contributed by atoms with E-state index in [-0.39, 0.29) is 29.6 Å². The highest BCUT2D eigenvalue weighted by molar-refractivity contribution is 5.94. The third kappa shape index (κ3) is 6.47. The highest BCUT2D eigenvalue weighted by atomic mass is 19.3. The van der Waals surface area contributed by atoms with Gasteiger partial charge in [0.1, 0.15) is 5.60 Å². The molecule has 0 aliphatic carbocycles. The van der Waals surface area contributed by atoms with Crippen LogP contribution in [0.2, 0.25) is 0 Å². The number of fused-ring (bicyclic) bond motifs is 1. The highest BCUT2D eigenvalue weighted by Crippen LogP contribution is 2.34. The number of nitrogens with one attached hydrogen (secondary N) is 2. The average molecular weight is 518 g/mol. The summed E-state index contributed by atoms with van der Waals surface area (Å²) >= 11 is 0. The summed E-state index contributed by atoms with van der Waals surface area (Å²) in [5.41, 5.74) is 0.538. The molecule has 3 heterocycles. The van der Waals surface area contributed by atoms with Crippen LogP contribution in [-0.4, -0.2) is 71.8 Å². The van der Waals surface area contributed by atoms with Crippen LogP contribution in [0.4, 0.5) is 19.3 Å². The number of aromatic nitrogens is 1. The summed E-state index contributed by atoms with van der Waals surface area (Å²) in [6.07, 6.45) is -0.677. The van der Waals surface area contributed by atoms with E-state index in [4.69, 9.17) is 4.74 Å². The number of nitrogens with zero attached hydrogens (tertiary/aromatic N) is 3. The first-order chi connectivity index (χ1) is 17.4. The lowest BCUT2D eigenvalue weighted by Crippen LogP contribution is -2.65. The van der Waals surface area contributed by atoms with Gasteiger partial charge in [-0.1, -0.05) is 6.92 Å². The van der Waals surface area contributed by atoms with Crippen LogP contribution in [0.25, 0.3) is 10.9 Å². The molecule has 2 aliphatic heterocycles. The molecule has 2 aromatic rings. The summed E-state index contributed by atoms with van der Waals surface area (Å²) in [4.78, 5) is 33.4. The molecule has 2 amide bonds. The second kappa shape index (κ2) is 10.8. The Morgan fingerprint density at radius 2 is 1.81 bits per heavy atom. The number of benzene rings is 1. The number of rotatable bonds is 6. The Morgan fingerprint density at radius 3 is 2.49 bits per heavy atom. The van der Waals surface area contributed by atoms with Crippen LogP contribution in [0.15, 0.2) is 30.5 Å². The molecule has 37 heavy (non-hydrogen) atoms. The van der Waals surface area contributed by atoms with Crippen LogP contribution < -0.4 is 15.5 Å². The van der Waals surface area contributed by atoms with E-state index in [2.05, 4.69) is 27.4 Å².